The molecule has 0 saturated heterocycles. The Morgan fingerprint density at radius 1 is 0.636 bits per heavy atom. The van der Waals surface area contributed by atoms with Crippen LogP contribution in [-0.2, 0) is 16.5 Å². The van der Waals surface area contributed by atoms with Gasteiger partial charge in [-0.25, -0.2) is 0 Å². The fourth-order valence-electron chi connectivity index (χ4n) is 2.37. The Morgan fingerprint density at radius 3 is 1.73 bits per heavy atom. The van der Waals surface area contributed by atoms with Crippen molar-refractivity contribution < 1.29 is 16.5 Å². The van der Waals surface area contributed by atoms with E-state index >= 15 is 0 Å². The van der Waals surface area contributed by atoms with Crippen LogP contribution in [0.15, 0.2) is 0 Å². The van der Waals surface area contributed by atoms with Gasteiger partial charge in [0.1, 0.15) is 20.2 Å². The summed E-state index contributed by atoms with van der Waals surface area (Å²) in [6.45, 7) is 2.28. The van der Waals surface area contributed by atoms with Crippen molar-refractivity contribution in [3.8, 4) is 0 Å². The molecule has 0 aliphatic rings. The van der Waals surface area contributed by atoms with E-state index in [1.807, 2.05) is 0 Å². The van der Waals surface area contributed by atoms with Crippen LogP contribution in [0.5, 0.6) is 0 Å². The highest BCUT2D eigenvalue weighted by Crippen LogP contribution is 2.11. The van der Waals surface area contributed by atoms with Crippen LogP contribution in [0.1, 0.15) is 77.6 Å². The summed E-state index contributed by atoms with van der Waals surface area (Å²) in [4.78, 5) is 0. The first kappa shape index (κ1) is 22.9. The molecule has 0 radical (unpaired) electrons. The number of unbranched alkanes of at least 4 members (excludes halogenated alkanes) is 10. The molecule has 0 saturated carbocycles. The monoisotopic (exact) mass is 398 g/mol. The molecule has 0 aromatic carbocycles. The average Bonchev–Trinajstić information content (AvgIpc) is 2.54. The molecule has 4 nitrogen and oxygen atoms in total. The molecule has 22 heavy (non-hydrogen) atoms. The van der Waals surface area contributed by atoms with E-state index in [2.05, 4.69) is 6.92 Å². The second-order valence-corrected chi connectivity index (χ2v) is 14.9. The highest BCUT2D eigenvalue weighted by molar-refractivity contribution is 6.46. The minimum Gasteiger partial charge on any atom is -0.449 e. The summed E-state index contributed by atoms with van der Waals surface area (Å²) >= 11 is 0. The molecule has 0 unspecified atom stereocenters. The van der Waals surface area contributed by atoms with Crippen molar-refractivity contribution in [3.63, 3.8) is 0 Å². The van der Waals surface area contributed by atoms with Crippen LogP contribution in [0.2, 0.25) is 6.04 Å². The Kier molecular flexibility index (Phi) is 22.8. The molecule has 134 valence electrons. The Hall–Kier alpha value is 0.924. The van der Waals surface area contributed by atoms with E-state index in [0.717, 1.165) is 10.5 Å². The first-order chi connectivity index (χ1) is 10.9. The van der Waals surface area contributed by atoms with Crippen molar-refractivity contribution in [2.75, 3.05) is 0 Å². The van der Waals surface area contributed by atoms with Crippen LogP contribution in [0.25, 0.3) is 0 Å². The predicted octanol–water partition coefficient (Wildman–Crippen LogP) is 0.143. The molecule has 0 aliphatic carbocycles. The van der Waals surface area contributed by atoms with Crippen molar-refractivity contribution in [1.29, 1.82) is 0 Å². The average molecular weight is 399 g/mol. The Bertz CT molecular complexity index is 183. The molecule has 0 rings (SSSR count). The van der Waals surface area contributed by atoms with Gasteiger partial charge >= 0.3 is 0 Å². The summed E-state index contributed by atoms with van der Waals surface area (Å²) in [7, 11) is -1.61. The number of rotatable bonds is 19. The fraction of sp³-hybridized carbons (Fsp3) is 1.00. The molecular formula is C13H38O4Si5. The first-order valence-corrected chi connectivity index (χ1v) is 15.0. The molecule has 0 atom stereocenters. The molecule has 0 spiro atoms. The van der Waals surface area contributed by atoms with E-state index in [4.69, 9.17) is 16.5 Å². The number of hydrogen-bond acceptors (Lipinski definition) is 4. The second kappa shape index (κ2) is 21.9. The van der Waals surface area contributed by atoms with Crippen molar-refractivity contribution in [2.24, 2.45) is 0 Å². The minimum atomic E-state index is -0.745. The summed E-state index contributed by atoms with van der Waals surface area (Å²) in [6.07, 6.45) is 15.6. The summed E-state index contributed by atoms with van der Waals surface area (Å²) in [5.41, 5.74) is 0. The highest BCUT2D eigenvalue weighted by Gasteiger charge is 1.95. The quantitative estimate of drug-likeness (QED) is 0.229. The lowest BCUT2D eigenvalue weighted by atomic mass is 10.1. The van der Waals surface area contributed by atoms with Crippen LogP contribution >= 0.6 is 0 Å². The van der Waals surface area contributed by atoms with E-state index in [1.165, 1.54) is 76.7 Å². The van der Waals surface area contributed by atoms with Gasteiger partial charge in [0.25, 0.3) is 30.0 Å². The van der Waals surface area contributed by atoms with Gasteiger partial charge in [-0.1, -0.05) is 77.6 Å². The molecule has 9 heteroatoms. The molecule has 0 heterocycles. The van der Waals surface area contributed by atoms with Crippen molar-refractivity contribution >= 4 is 50.3 Å². The molecule has 0 aromatic heterocycles. The Labute approximate surface area is 150 Å². The van der Waals surface area contributed by atoms with Crippen LogP contribution in [0, 0.1) is 0 Å². The fourth-order valence-corrected chi connectivity index (χ4v) is 9.99. The SMILES string of the molecule is CCCCCCCCCCCCC[SiH2]O[SiH2]O[SiH2]O[SiH2]O[SiH3]. The highest BCUT2D eigenvalue weighted by atomic mass is 28.4. The van der Waals surface area contributed by atoms with Crippen molar-refractivity contribution in [2.45, 2.75) is 83.6 Å². The topological polar surface area (TPSA) is 36.9 Å². The number of hydrogen-bond donors (Lipinski definition) is 0. The van der Waals surface area contributed by atoms with E-state index < -0.39 is 30.0 Å². The zero-order valence-corrected chi connectivity index (χ0v) is 22.6. The van der Waals surface area contributed by atoms with Gasteiger partial charge in [0.15, 0.2) is 0 Å². The van der Waals surface area contributed by atoms with Gasteiger partial charge in [0.2, 0.25) is 0 Å². The van der Waals surface area contributed by atoms with Crippen LogP contribution in [-0.4, -0.2) is 50.3 Å². The third kappa shape index (κ3) is 20.9. The molecule has 0 fully saturated rings. The molecular weight excluding hydrogens is 361 g/mol. The smallest absolute Gasteiger partial charge is 0.286 e. The normalized spacial score (nSPS) is 13.5. The minimum absolute atomic E-state index is 0.294. The molecule has 0 aromatic rings. The standard InChI is InChI=1S/C13H38O4Si5/c1-2-3-4-5-6-7-8-9-10-11-12-13-19-15-21-17-22-16-20-14-18/h2-13,19-22H2,1,18H3. The van der Waals surface area contributed by atoms with Gasteiger partial charge in [0, 0.05) is 0 Å². The van der Waals surface area contributed by atoms with Gasteiger partial charge in [-0.15, -0.1) is 0 Å². The van der Waals surface area contributed by atoms with Crippen LogP contribution in [0.3, 0.4) is 0 Å². The second-order valence-electron chi connectivity index (χ2n) is 5.85. The van der Waals surface area contributed by atoms with Crippen molar-refractivity contribution in [3.05, 3.63) is 0 Å². The zero-order chi connectivity index (χ0) is 16.1. The summed E-state index contributed by atoms with van der Waals surface area (Å²) in [5, 5.41) is 0. The lowest BCUT2D eigenvalue weighted by Crippen LogP contribution is -2.15. The van der Waals surface area contributed by atoms with Gasteiger partial charge in [-0.3, -0.25) is 0 Å². The van der Waals surface area contributed by atoms with Gasteiger partial charge in [-0.2, -0.15) is 0 Å². The predicted molar refractivity (Wildman–Crippen MR) is 110 cm³/mol. The van der Waals surface area contributed by atoms with Crippen LogP contribution in [0.4, 0.5) is 0 Å². The molecule has 0 N–H and O–H groups in total. The largest absolute Gasteiger partial charge is 0.449 e. The lowest BCUT2D eigenvalue weighted by Gasteiger charge is -2.06. The van der Waals surface area contributed by atoms with E-state index in [0.29, 0.717) is 0 Å². The lowest BCUT2D eigenvalue weighted by molar-refractivity contribution is 0.406. The maximum atomic E-state index is 5.70. The Balaban J connectivity index is 2.91. The molecule has 0 aliphatic heterocycles. The summed E-state index contributed by atoms with van der Waals surface area (Å²) in [6, 6.07) is 1.33. The Morgan fingerprint density at radius 2 is 1.14 bits per heavy atom. The third-order valence-electron chi connectivity index (χ3n) is 3.68. The van der Waals surface area contributed by atoms with Gasteiger partial charge < -0.3 is 16.5 Å². The molecule has 0 amide bonds. The van der Waals surface area contributed by atoms with E-state index in [9.17, 15) is 0 Å². The summed E-state index contributed by atoms with van der Waals surface area (Å²) in [5.74, 6) is 0. The maximum absolute atomic E-state index is 5.70. The van der Waals surface area contributed by atoms with Gasteiger partial charge in [0.05, 0.1) is 0 Å². The van der Waals surface area contributed by atoms with Gasteiger partial charge in [-0.05, 0) is 6.04 Å². The third-order valence-corrected chi connectivity index (χ3v) is 9.90. The molecule has 0 bridgehead atoms. The van der Waals surface area contributed by atoms with E-state index in [-0.39, 0.29) is 9.76 Å². The first-order valence-electron chi connectivity index (χ1n) is 9.14. The van der Waals surface area contributed by atoms with Crippen molar-refractivity contribution in [1.82, 2.24) is 0 Å². The van der Waals surface area contributed by atoms with E-state index in [1.54, 1.807) is 0 Å². The zero-order valence-electron chi connectivity index (χ0n) is 14.9. The van der Waals surface area contributed by atoms with Crippen LogP contribution < -0.4 is 0 Å². The maximum Gasteiger partial charge on any atom is 0.286 e. The summed E-state index contributed by atoms with van der Waals surface area (Å²) < 4.78 is 21.6.